The summed E-state index contributed by atoms with van der Waals surface area (Å²) in [6.45, 7) is 4.59. The minimum atomic E-state index is -2.01. The van der Waals surface area contributed by atoms with Crippen molar-refractivity contribution in [1.29, 1.82) is 0 Å². The van der Waals surface area contributed by atoms with Gasteiger partial charge in [0.15, 0.2) is 17.1 Å². The molecule has 4 rings (SSSR count). The second-order valence-electron chi connectivity index (χ2n) is 10.4. The highest BCUT2D eigenvalue weighted by atomic mass is 19.1. The summed E-state index contributed by atoms with van der Waals surface area (Å²) in [6.07, 6.45) is 5.28. The van der Waals surface area contributed by atoms with E-state index in [0.29, 0.717) is 31.3 Å². The maximum atomic E-state index is 17.1. The highest BCUT2D eigenvalue weighted by Gasteiger charge is 2.75. The molecule has 0 saturated heterocycles. The Morgan fingerprint density at radius 3 is 2.62 bits per heavy atom. The fourth-order valence-electron chi connectivity index (χ4n) is 7.46. The number of ether oxygens (including phenoxy) is 1. The van der Waals surface area contributed by atoms with Gasteiger partial charge in [-0.3, -0.25) is 14.4 Å². The first-order chi connectivity index (χ1) is 15.0. The van der Waals surface area contributed by atoms with E-state index in [4.69, 9.17) is 4.74 Å². The van der Waals surface area contributed by atoms with Gasteiger partial charge in [0.05, 0.1) is 6.10 Å². The standard InChI is InChI=1S/C25H33FO6/c1-4-5-21(31)32-24(20(30)14-27)11-9-17-18-7-6-15-12-16(28)8-10-22(15,2)25(18,26)19(29)13-23(17,24)3/h8,10,12,17-19,27,29H,4-7,9,11,13-14H2,1-3H3/t17-,18-,19-,22-,23-,24-,25-/m0/s1. The van der Waals surface area contributed by atoms with Gasteiger partial charge in [0.2, 0.25) is 5.78 Å². The third-order valence-electron chi connectivity index (χ3n) is 9.10. The molecule has 7 heteroatoms. The highest BCUT2D eigenvalue weighted by molar-refractivity contribution is 6.01. The molecule has 0 heterocycles. The summed E-state index contributed by atoms with van der Waals surface area (Å²) in [5.74, 6) is -2.17. The summed E-state index contributed by atoms with van der Waals surface area (Å²) in [6, 6.07) is 0. The SMILES string of the molecule is CCCC(=O)O[C@]1(C(=O)CO)CC[C@H]2[C@@H]3CCC4=CC(=O)C=C[C@]4(C)[C@@]3(F)[C@@H](O)C[C@@]21C. The topological polar surface area (TPSA) is 101 Å². The first-order valence-electron chi connectivity index (χ1n) is 11.7. The van der Waals surface area contributed by atoms with E-state index in [-0.39, 0.29) is 31.0 Å². The van der Waals surface area contributed by atoms with E-state index in [1.54, 1.807) is 19.9 Å². The molecule has 7 atom stereocenters. The zero-order valence-corrected chi connectivity index (χ0v) is 19.0. The lowest BCUT2D eigenvalue weighted by Gasteiger charge is -2.62. The van der Waals surface area contributed by atoms with Crippen molar-refractivity contribution >= 4 is 17.5 Å². The number of aliphatic hydroxyl groups is 2. The van der Waals surface area contributed by atoms with Crippen LogP contribution in [0.2, 0.25) is 0 Å². The van der Waals surface area contributed by atoms with E-state index in [1.807, 2.05) is 6.92 Å². The van der Waals surface area contributed by atoms with Crippen molar-refractivity contribution in [2.45, 2.75) is 83.1 Å². The molecule has 4 aliphatic rings. The Hall–Kier alpha value is -1.86. The quantitative estimate of drug-likeness (QED) is 0.627. The molecule has 0 aromatic heterocycles. The van der Waals surface area contributed by atoms with Crippen molar-refractivity contribution in [3.8, 4) is 0 Å². The first-order valence-corrected chi connectivity index (χ1v) is 11.7. The van der Waals surface area contributed by atoms with Crippen molar-refractivity contribution in [2.75, 3.05) is 6.61 Å². The maximum absolute atomic E-state index is 17.1. The largest absolute Gasteiger partial charge is 0.450 e. The monoisotopic (exact) mass is 448 g/mol. The highest BCUT2D eigenvalue weighted by Crippen LogP contribution is 2.70. The molecule has 2 N–H and O–H groups in total. The van der Waals surface area contributed by atoms with Gasteiger partial charge in [0.1, 0.15) is 6.61 Å². The van der Waals surface area contributed by atoms with E-state index in [2.05, 4.69) is 0 Å². The van der Waals surface area contributed by atoms with Gasteiger partial charge in [0, 0.05) is 23.2 Å². The number of carbonyl (C=O) groups excluding carboxylic acids is 3. The van der Waals surface area contributed by atoms with Gasteiger partial charge in [-0.1, -0.05) is 25.5 Å². The molecule has 176 valence electrons. The molecule has 3 saturated carbocycles. The number of aliphatic hydroxyl groups excluding tert-OH is 2. The van der Waals surface area contributed by atoms with E-state index in [0.717, 1.165) is 0 Å². The fraction of sp³-hybridized carbons (Fsp3) is 0.720. The van der Waals surface area contributed by atoms with Crippen LogP contribution in [0, 0.1) is 22.7 Å². The second-order valence-corrected chi connectivity index (χ2v) is 10.4. The Bertz CT molecular complexity index is 910. The Labute approximate surface area is 187 Å². The zero-order valence-electron chi connectivity index (χ0n) is 19.0. The van der Waals surface area contributed by atoms with E-state index >= 15 is 4.39 Å². The molecular weight excluding hydrogens is 415 g/mol. The van der Waals surface area contributed by atoms with Crippen LogP contribution in [-0.2, 0) is 19.1 Å². The van der Waals surface area contributed by atoms with Crippen molar-refractivity contribution in [3.05, 3.63) is 23.8 Å². The van der Waals surface area contributed by atoms with Gasteiger partial charge in [-0.15, -0.1) is 0 Å². The van der Waals surface area contributed by atoms with Crippen molar-refractivity contribution in [1.82, 2.24) is 0 Å². The Morgan fingerprint density at radius 1 is 1.25 bits per heavy atom. The Balaban J connectivity index is 1.79. The summed E-state index contributed by atoms with van der Waals surface area (Å²) < 4.78 is 22.9. The lowest BCUT2D eigenvalue weighted by atomic mass is 9.44. The van der Waals surface area contributed by atoms with Crippen LogP contribution in [-0.4, -0.2) is 51.7 Å². The van der Waals surface area contributed by atoms with Gasteiger partial charge in [-0.2, -0.15) is 0 Å². The third kappa shape index (κ3) is 2.79. The van der Waals surface area contributed by atoms with Crippen LogP contribution in [0.15, 0.2) is 23.8 Å². The Morgan fingerprint density at radius 2 is 1.97 bits per heavy atom. The van der Waals surface area contributed by atoms with Crippen molar-refractivity contribution in [2.24, 2.45) is 22.7 Å². The number of rotatable bonds is 5. The first kappa shape index (κ1) is 23.3. The number of halogens is 1. The van der Waals surface area contributed by atoms with Crippen LogP contribution < -0.4 is 0 Å². The van der Waals surface area contributed by atoms with Gasteiger partial charge < -0.3 is 14.9 Å². The molecule has 4 aliphatic carbocycles. The van der Waals surface area contributed by atoms with Crippen molar-refractivity contribution < 1.29 is 33.7 Å². The number of esters is 1. The minimum Gasteiger partial charge on any atom is -0.450 e. The second kappa shape index (κ2) is 7.59. The average molecular weight is 449 g/mol. The number of ketones is 2. The maximum Gasteiger partial charge on any atom is 0.306 e. The zero-order chi connectivity index (χ0) is 23.5. The molecule has 0 radical (unpaired) electrons. The molecule has 0 spiro atoms. The number of carbonyl (C=O) groups is 3. The summed E-state index contributed by atoms with van der Waals surface area (Å²) >= 11 is 0. The van der Waals surface area contributed by atoms with Crippen LogP contribution in [0.3, 0.4) is 0 Å². The van der Waals surface area contributed by atoms with Crippen LogP contribution in [0.4, 0.5) is 4.39 Å². The number of hydrogen-bond donors (Lipinski definition) is 2. The average Bonchev–Trinajstić information content (AvgIpc) is 3.02. The summed E-state index contributed by atoms with van der Waals surface area (Å²) in [7, 11) is 0. The molecule has 0 aromatic rings. The molecule has 0 aliphatic heterocycles. The molecule has 0 amide bonds. The fourth-order valence-corrected chi connectivity index (χ4v) is 7.46. The molecule has 0 aromatic carbocycles. The molecule has 32 heavy (non-hydrogen) atoms. The summed E-state index contributed by atoms with van der Waals surface area (Å²) in [5, 5.41) is 21.1. The van der Waals surface area contributed by atoms with E-state index in [1.165, 1.54) is 12.2 Å². The van der Waals surface area contributed by atoms with Crippen LogP contribution >= 0.6 is 0 Å². The van der Waals surface area contributed by atoms with Gasteiger partial charge in [0.25, 0.3) is 0 Å². The number of alkyl halides is 1. The predicted octanol–water partition coefficient (Wildman–Crippen LogP) is 3.00. The lowest BCUT2D eigenvalue weighted by Crippen LogP contribution is -2.69. The molecule has 0 bridgehead atoms. The van der Waals surface area contributed by atoms with Crippen molar-refractivity contribution in [3.63, 3.8) is 0 Å². The van der Waals surface area contributed by atoms with Crippen LogP contribution in [0.1, 0.15) is 65.7 Å². The van der Waals surface area contributed by atoms with E-state index in [9.17, 15) is 24.6 Å². The van der Waals surface area contributed by atoms with Gasteiger partial charge in [-0.25, -0.2) is 4.39 Å². The normalized spacial score (nSPS) is 44.9. The molecular formula is C25H33FO6. The number of hydrogen-bond acceptors (Lipinski definition) is 6. The summed E-state index contributed by atoms with van der Waals surface area (Å²) in [4.78, 5) is 37.5. The lowest BCUT2D eigenvalue weighted by molar-refractivity contribution is -0.225. The van der Waals surface area contributed by atoms with Crippen LogP contribution in [0.5, 0.6) is 0 Å². The predicted molar refractivity (Wildman–Crippen MR) is 114 cm³/mol. The smallest absolute Gasteiger partial charge is 0.306 e. The third-order valence-corrected chi connectivity index (χ3v) is 9.10. The van der Waals surface area contributed by atoms with Crippen LogP contribution in [0.25, 0.3) is 0 Å². The summed E-state index contributed by atoms with van der Waals surface area (Å²) in [5.41, 5.74) is -5.01. The van der Waals surface area contributed by atoms with E-state index < -0.39 is 52.5 Å². The Kier molecular flexibility index (Phi) is 5.53. The molecule has 6 nitrogen and oxygen atoms in total. The van der Waals surface area contributed by atoms with Gasteiger partial charge >= 0.3 is 5.97 Å². The molecule has 0 unspecified atom stereocenters. The minimum absolute atomic E-state index is 0.0690. The number of Topliss-reactive ketones (excluding diaryl/α,β-unsaturated/α-hetero) is 1. The number of allylic oxidation sites excluding steroid dienone is 4. The number of fused-ring (bicyclic) bond motifs is 5. The van der Waals surface area contributed by atoms with Gasteiger partial charge in [-0.05, 0) is 63.5 Å². The molecule has 3 fully saturated rings.